The molecule has 0 aromatic carbocycles. The van der Waals surface area contributed by atoms with Crippen molar-refractivity contribution in [1.82, 2.24) is 5.48 Å². The Balaban J connectivity index is 0. The Bertz CT molecular complexity index is 275. The number of hydrogen-bond acceptors (Lipinski definition) is 5. The van der Waals surface area contributed by atoms with Crippen molar-refractivity contribution in [3.8, 4) is 0 Å². The quantitative estimate of drug-likeness (QED) is 0.308. The molecule has 1 amide bonds. The van der Waals surface area contributed by atoms with Gasteiger partial charge in [-0.2, -0.15) is 5.48 Å². The molecule has 0 atom stereocenters. The van der Waals surface area contributed by atoms with Gasteiger partial charge in [0.1, 0.15) is 5.41 Å². The maximum Gasteiger partial charge on any atom is 1.00 e. The van der Waals surface area contributed by atoms with Crippen molar-refractivity contribution in [2.24, 2.45) is 5.41 Å². The molecule has 7 heteroatoms. The molecule has 0 aromatic heterocycles. The number of carboxylic acids is 1. The van der Waals surface area contributed by atoms with E-state index < -0.39 is 23.3 Å². The Morgan fingerprint density at radius 1 is 1.25 bits per heavy atom. The number of carbonyl (C=O) groups is 3. The molecule has 6 nitrogen and oxygen atoms in total. The number of aliphatic carboxylic acids is 1. The molecule has 0 aliphatic heterocycles. The van der Waals surface area contributed by atoms with Crippen LogP contribution in [-0.2, 0) is 19.2 Å². The fraction of sp³-hybridized carbons (Fsp3) is 0.667. The molecule has 1 N–H and O–H groups in total. The Labute approximate surface area is 116 Å². The van der Waals surface area contributed by atoms with Crippen LogP contribution in [0.25, 0.3) is 0 Å². The van der Waals surface area contributed by atoms with Crippen molar-refractivity contribution >= 4 is 17.8 Å². The minimum absolute atomic E-state index is 0. The second kappa shape index (κ2) is 7.65. The van der Waals surface area contributed by atoms with E-state index in [1.165, 1.54) is 13.8 Å². The summed E-state index contributed by atoms with van der Waals surface area (Å²) in [4.78, 5) is 37.1. The van der Waals surface area contributed by atoms with Crippen LogP contribution in [0.2, 0.25) is 0 Å². The van der Waals surface area contributed by atoms with Gasteiger partial charge < -0.3 is 14.7 Å². The second-order valence-electron chi connectivity index (χ2n) is 3.12. The van der Waals surface area contributed by atoms with Crippen LogP contribution in [0, 0.1) is 5.41 Å². The van der Waals surface area contributed by atoms with Crippen molar-refractivity contribution in [1.29, 1.82) is 0 Å². The van der Waals surface area contributed by atoms with Gasteiger partial charge in [0, 0.05) is 6.92 Å². The van der Waals surface area contributed by atoms with Crippen LogP contribution in [0.4, 0.5) is 0 Å². The van der Waals surface area contributed by atoms with Gasteiger partial charge in [-0.1, -0.05) is 13.8 Å². The van der Waals surface area contributed by atoms with Crippen molar-refractivity contribution in [2.75, 3.05) is 0 Å². The first-order valence-corrected chi connectivity index (χ1v) is 4.60. The summed E-state index contributed by atoms with van der Waals surface area (Å²) < 4.78 is 0. The maximum atomic E-state index is 11.4. The Morgan fingerprint density at radius 2 is 1.69 bits per heavy atom. The van der Waals surface area contributed by atoms with Crippen LogP contribution < -0.4 is 40.1 Å². The van der Waals surface area contributed by atoms with E-state index in [0.29, 0.717) is 0 Å². The Hall–Kier alpha value is -0.590. The van der Waals surface area contributed by atoms with Gasteiger partial charge in [-0.25, -0.2) is 4.79 Å². The Morgan fingerprint density at radius 3 is 1.94 bits per heavy atom. The monoisotopic (exact) mass is 239 g/mol. The first-order chi connectivity index (χ1) is 6.90. The molecule has 0 aliphatic carbocycles. The number of carboxylic acid groups (broad SMARTS) is 1. The molecule has 0 radical (unpaired) electrons. The predicted molar refractivity (Wildman–Crippen MR) is 47.9 cm³/mol. The van der Waals surface area contributed by atoms with E-state index in [2.05, 4.69) is 4.84 Å². The zero-order chi connectivity index (χ0) is 12.1. The molecule has 0 fully saturated rings. The molecule has 0 unspecified atom stereocenters. The molecule has 0 heterocycles. The number of rotatable bonds is 4. The van der Waals surface area contributed by atoms with Gasteiger partial charge in [-0.05, 0) is 12.8 Å². The number of nitrogens with one attached hydrogen (secondary N) is 1. The second-order valence-corrected chi connectivity index (χ2v) is 3.12. The van der Waals surface area contributed by atoms with Crippen LogP contribution >= 0.6 is 0 Å². The van der Waals surface area contributed by atoms with Crippen molar-refractivity contribution in [3.63, 3.8) is 0 Å². The van der Waals surface area contributed by atoms with Crippen LogP contribution in [0.15, 0.2) is 0 Å². The van der Waals surface area contributed by atoms with Crippen LogP contribution in [0.3, 0.4) is 0 Å². The van der Waals surface area contributed by atoms with Crippen molar-refractivity contribution < 1.29 is 53.9 Å². The molecule has 0 saturated carbocycles. The van der Waals surface area contributed by atoms with E-state index in [1.807, 2.05) is 0 Å². The van der Waals surface area contributed by atoms with E-state index in [-0.39, 0.29) is 42.4 Å². The van der Waals surface area contributed by atoms with Gasteiger partial charge >= 0.3 is 35.5 Å². The zero-order valence-corrected chi connectivity index (χ0v) is 12.0. The van der Waals surface area contributed by atoms with E-state index in [9.17, 15) is 19.5 Å². The third-order valence-electron chi connectivity index (χ3n) is 2.28. The average molecular weight is 239 g/mol. The molecule has 0 bridgehead atoms. The number of amides is 1. The summed E-state index contributed by atoms with van der Waals surface area (Å²) in [6.45, 7) is 4.22. The van der Waals surface area contributed by atoms with E-state index in [0.717, 1.165) is 6.92 Å². The molecular weight excluding hydrogens is 225 g/mol. The average Bonchev–Trinajstić information content (AvgIpc) is 2.17. The Kier molecular flexibility index (Phi) is 8.50. The summed E-state index contributed by atoms with van der Waals surface area (Å²) in [7, 11) is 0. The smallest absolute Gasteiger partial charge is 0.549 e. The summed E-state index contributed by atoms with van der Waals surface area (Å²) in [5.41, 5.74) is 0.102. The van der Waals surface area contributed by atoms with Gasteiger partial charge in [0.05, 0.1) is 5.97 Å². The SMILES string of the molecule is CCC(CC)(C(=O)[O-])C(=O)ONC(C)=O.[Na+]. The summed E-state index contributed by atoms with van der Waals surface area (Å²) in [6, 6.07) is 0. The molecular formula is C9H14NNaO5. The van der Waals surface area contributed by atoms with E-state index >= 15 is 0 Å². The summed E-state index contributed by atoms with van der Waals surface area (Å²) in [5.74, 6) is -3.09. The third kappa shape index (κ3) is 4.11. The van der Waals surface area contributed by atoms with Gasteiger partial charge in [0.25, 0.3) is 0 Å². The third-order valence-corrected chi connectivity index (χ3v) is 2.28. The molecule has 0 aliphatic rings. The predicted octanol–water partition coefficient (Wildman–Crippen LogP) is -3.86. The zero-order valence-electron chi connectivity index (χ0n) is 9.96. The molecule has 0 saturated heterocycles. The normalized spacial score (nSPS) is 9.94. The van der Waals surface area contributed by atoms with E-state index in [1.54, 1.807) is 5.48 Å². The fourth-order valence-corrected chi connectivity index (χ4v) is 1.13. The van der Waals surface area contributed by atoms with Gasteiger partial charge in [0.15, 0.2) is 0 Å². The summed E-state index contributed by atoms with van der Waals surface area (Å²) >= 11 is 0. The first kappa shape index (κ1) is 17.8. The number of hydrogen-bond donors (Lipinski definition) is 1. The molecule has 86 valence electrons. The minimum Gasteiger partial charge on any atom is -0.549 e. The number of hydroxylamine groups is 1. The van der Waals surface area contributed by atoms with Gasteiger partial charge in [0.2, 0.25) is 5.91 Å². The topological polar surface area (TPSA) is 95.5 Å². The van der Waals surface area contributed by atoms with Gasteiger partial charge in [-0.15, -0.1) is 0 Å². The van der Waals surface area contributed by atoms with Crippen LogP contribution in [0.1, 0.15) is 33.6 Å². The minimum atomic E-state index is -1.69. The summed E-state index contributed by atoms with van der Waals surface area (Å²) in [5, 5.41) is 10.8. The fourth-order valence-electron chi connectivity index (χ4n) is 1.13. The maximum absolute atomic E-state index is 11.4. The van der Waals surface area contributed by atoms with Crippen molar-refractivity contribution in [3.05, 3.63) is 0 Å². The summed E-state index contributed by atoms with van der Waals surface area (Å²) in [6.07, 6.45) is 0.0918. The van der Waals surface area contributed by atoms with E-state index in [4.69, 9.17) is 0 Å². The van der Waals surface area contributed by atoms with Crippen LogP contribution in [-0.4, -0.2) is 17.8 Å². The van der Waals surface area contributed by atoms with Crippen LogP contribution in [0.5, 0.6) is 0 Å². The number of carbonyl (C=O) groups excluding carboxylic acids is 3. The largest absolute Gasteiger partial charge is 1.00 e. The first-order valence-electron chi connectivity index (χ1n) is 4.60. The standard InChI is InChI=1S/C9H15NO5.Na/c1-4-9(5-2,7(12)13)8(14)15-10-6(3)11;/h4-5H2,1-3H3,(H,10,11)(H,12,13);/q;+1/p-1. The molecule has 0 aromatic rings. The van der Waals surface area contributed by atoms with Gasteiger partial charge in [-0.3, -0.25) is 4.79 Å². The van der Waals surface area contributed by atoms with Crippen molar-refractivity contribution in [2.45, 2.75) is 33.6 Å². The molecule has 0 rings (SSSR count). The molecule has 0 spiro atoms. The molecule has 16 heavy (non-hydrogen) atoms.